The Morgan fingerprint density at radius 1 is 1.36 bits per heavy atom. The zero-order valence-electron chi connectivity index (χ0n) is 12.7. The number of likely N-dealkylation sites (tertiary alicyclic amines) is 1. The maximum Gasteiger partial charge on any atom is 0.226 e. The summed E-state index contributed by atoms with van der Waals surface area (Å²) in [5.41, 5.74) is 6.41. The Morgan fingerprint density at radius 3 is 2.73 bits per heavy atom. The smallest absolute Gasteiger partial charge is 0.226 e. The van der Waals surface area contributed by atoms with Crippen LogP contribution in [-0.2, 0) is 16.0 Å². The van der Waals surface area contributed by atoms with Crippen molar-refractivity contribution in [1.29, 1.82) is 0 Å². The van der Waals surface area contributed by atoms with Gasteiger partial charge in [-0.2, -0.15) is 0 Å². The highest BCUT2D eigenvalue weighted by atomic mass is 35.5. The number of hydrogen-bond acceptors (Lipinski definition) is 3. The second-order valence-corrected chi connectivity index (χ2v) is 5.84. The standard InChI is InChI=1S/C16H23ClN2O2.ClH/c17-14-4-1-3-13(11-14)12-16(20)19-8-5-15(6-9-19)21-10-2-7-18;/h1,3-4,11,15H,2,5-10,12,18H2;1H. The number of ether oxygens (including phenoxy) is 1. The summed E-state index contributed by atoms with van der Waals surface area (Å²) in [5.74, 6) is 0.165. The van der Waals surface area contributed by atoms with Gasteiger partial charge in [0.1, 0.15) is 0 Å². The molecule has 1 heterocycles. The molecule has 1 aromatic carbocycles. The third-order valence-corrected chi connectivity index (χ3v) is 3.98. The Morgan fingerprint density at radius 2 is 2.09 bits per heavy atom. The van der Waals surface area contributed by atoms with Crippen molar-refractivity contribution in [1.82, 2.24) is 4.90 Å². The summed E-state index contributed by atoms with van der Waals surface area (Å²) < 4.78 is 5.75. The Labute approximate surface area is 143 Å². The van der Waals surface area contributed by atoms with Crippen molar-refractivity contribution in [2.75, 3.05) is 26.2 Å². The van der Waals surface area contributed by atoms with E-state index in [1.54, 1.807) is 0 Å². The monoisotopic (exact) mass is 346 g/mol. The molecule has 0 atom stereocenters. The topological polar surface area (TPSA) is 55.6 Å². The maximum absolute atomic E-state index is 12.3. The van der Waals surface area contributed by atoms with Crippen LogP contribution in [0.15, 0.2) is 24.3 Å². The van der Waals surface area contributed by atoms with Crippen molar-refractivity contribution in [2.45, 2.75) is 31.8 Å². The summed E-state index contributed by atoms with van der Waals surface area (Å²) in [4.78, 5) is 14.2. The molecule has 0 unspecified atom stereocenters. The van der Waals surface area contributed by atoms with E-state index in [0.29, 0.717) is 18.0 Å². The molecule has 0 bridgehead atoms. The number of halogens is 2. The molecule has 22 heavy (non-hydrogen) atoms. The van der Waals surface area contributed by atoms with E-state index in [4.69, 9.17) is 22.1 Å². The lowest BCUT2D eigenvalue weighted by Crippen LogP contribution is -2.41. The summed E-state index contributed by atoms with van der Waals surface area (Å²) in [6.07, 6.45) is 3.40. The molecule has 1 saturated heterocycles. The molecule has 0 aromatic heterocycles. The summed E-state index contributed by atoms with van der Waals surface area (Å²) in [6, 6.07) is 7.48. The van der Waals surface area contributed by atoms with Gasteiger partial charge in [-0.25, -0.2) is 0 Å². The SMILES string of the molecule is Cl.NCCCOC1CCN(C(=O)Cc2cccc(Cl)c2)CC1. The Bertz CT molecular complexity index is 463. The molecule has 0 aliphatic carbocycles. The third kappa shape index (κ3) is 6.13. The van der Waals surface area contributed by atoms with Gasteiger partial charge in [-0.3, -0.25) is 4.79 Å². The van der Waals surface area contributed by atoms with Gasteiger partial charge in [0.25, 0.3) is 0 Å². The van der Waals surface area contributed by atoms with E-state index in [9.17, 15) is 4.79 Å². The average molecular weight is 347 g/mol. The number of benzene rings is 1. The van der Waals surface area contributed by atoms with Crippen LogP contribution < -0.4 is 5.73 Å². The fraction of sp³-hybridized carbons (Fsp3) is 0.562. The Balaban J connectivity index is 0.00000242. The van der Waals surface area contributed by atoms with Gasteiger partial charge in [0.05, 0.1) is 12.5 Å². The number of nitrogens with zero attached hydrogens (tertiary/aromatic N) is 1. The maximum atomic E-state index is 12.3. The first-order valence-corrected chi connectivity index (χ1v) is 7.90. The van der Waals surface area contributed by atoms with Gasteiger partial charge in [-0.1, -0.05) is 23.7 Å². The van der Waals surface area contributed by atoms with Gasteiger partial charge in [0.2, 0.25) is 5.91 Å². The minimum Gasteiger partial charge on any atom is -0.378 e. The van der Waals surface area contributed by atoms with Crippen molar-refractivity contribution < 1.29 is 9.53 Å². The Kier molecular flexibility index (Phi) is 8.79. The zero-order valence-corrected chi connectivity index (χ0v) is 14.2. The van der Waals surface area contributed by atoms with Gasteiger partial charge >= 0.3 is 0 Å². The van der Waals surface area contributed by atoms with Crippen molar-refractivity contribution in [2.24, 2.45) is 5.73 Å². The minimum absolute atomic E-state index is 0. The summed E-state index contributed by atoms with van der Waals surface area (Å²) in [5, 5.41) is 0.673. The lowest BCUT2D eigenvalue weighted by molar-refractivity contribution is -0.133. The largest absolute Gasteiger partial charge is 0.378 e. The van der Waals surface area contributed by atoms with Crippen LogP contribution in [0.1, 0.15) is 24.8 Å². The summed E-state index contributed by atoms with van der Waals surface area (Å²) in [7, 11) is 0. The molecule has 4 nitrogen and oxygen atoms in total. The molecule has 2 N–H and O–H groups in total. The predicted octanol–water partition coefficient (Wildman–Crippen LogP) is 2.66. The first kappa shape index (κ1) is 19.2. The highest BCUT2D eigenvalue weighted by Gasteiger charge is 2.23. The molecule has 1 fully saturated rings. The van der Waals surface area contributed by atoms with Gasteiger partial charge in [0.15, 0.2) is 0 Å². The van der Waals surface area contributed by atoms with E-state index in [0.717, 1.165) is 44.5 Å². The molecule has 0 spiro atoms. The number of rotatable bonds is 6. The van der Waals surface area contributed by atoms with E-state index in [-0.39, 0.29) is 24.4 Å². The average Bonchev–Trinajstić information content (AvgIpc) is 2.48. The van der Waals surface area contributed by atoms with Gasteiger partial charge < -0.3 is 15.4 Å². The lowest BCUT2D eigenvalue weighted by Gasteiger charge is -2.32. The predicted molar refractivity (Wildman–Crippen MR) is 91.6 cm³/mol. The molecular formula is C16H24Cl2N2O2. The number of hydrogen-bond donors (Lipinski definition) is 1. The van der Waals surface area contributed by atoms with E-state index >= 15 is 0 Å². The van der Waals surface area contributed by atoms with Crippen LogP contribution in [0.5, 0.6) is 0 Å². The zero-order chi connectivity index (χ0) is 15.1. The molecule has 0 radical (unpaired) electrons. The fourth-order valence-electron chi connectivity index (χ4n) is 2.54. The molecule has 124 valence electrons. The Hall–Kier alpha value is -0.810. The van der Waals surface area contributed by atoms with E-state index in [1.807, 2.05) is 29.2 Å². The lowest BCUT2D eigenvalue weighted by atomic mass is 10.1. The van der Waals surface area contributed by atoms with Crippen LogP contribution in [0.2, 0.25) is 5.02 Å². The molecule has 1 aromatic rings. The van der Waals surface area contributed by atoms with Gasteiger partial charge in [-0.15, -0.1) is 12.4 Å². The number of amides is 1. The third-order valence-electron chi connectivity index (χ3n) is 3.74. The van der Waals surface area contributed by atoms with Crippen LogP contribution in [0.25, 0.3) is 0 Å². The minimum atomic E-state index is 0. The number of nitrogens with two attached hydrogens (primary N) is 1. The van der Waals surface area contributed by atoms with Crippen LogP contribution >= 0.6 is 24.0 Å². The van der Waals surface area contributed by atoms with Crippen LogP contribution in [0.4, 0.5) is 0 Å². The molecule has 1 aliphatic heterocycles. The molecule has 0 saturated carbocycles. The van der Waals surface area contributed by atoms with Crippen LogP contribution in [-0.4, -0.2) is 43.2 Å². The number of carbonyl (C=O) groups excluding carboxylic acids is 1. The van der Waals surface area contributed by atoms with Gasteiger partial charge in [0, 0.05) is 24.7 Å². The summed E-state index contributed by atoms with van der Waals surface area (Å²) >= 11 is 5.94. The highest BCUT2D eigenvalue weighted by Crippen LogP contribution is 2.16. The first-order valence-electron chi connectivity index (χ1n) is 7.53. The van der Waals surface area contributed by atoms with Crippen LogP contribution in [0, 0.1) is 0 Å². The van der Waals surface area contributed by atoms with Crippen LogP contribution in [0.3, 0.4) is 0 Å². The van der Waals surface area contributed by atoms with Gasteiger partial charge in [-0.05, 0) is 43.5 Å². The quantitative estimate of drug-likeness (QED) is 0.805. The van der Waals surface area contributed by atoms with Crippen molar-refractivity contribution in [3.8, 4) is 0 Å². The van der Waals surface area contributed by atoms with Crippen molar-refractivity contribution in [3.05, 3.63) is 34.9 Å². The van der Waals surface area contributed by atoms with E-state index in [1.165, 1.54) is 0 Å². The number of piperidine rings is 1. The van der Waals surface area contributed by atoms with E-state index in [2.05, 4.69) is 0 Å². The molecule has 6 heteroatoms. The number of carbonyl (C=O) groups is 1. The van der Waals surface area contributed by atoms with Crippen molar-refractivity contribution in [3.63, 3.8) is 0 Å². The fourth-order valence-corrected chi connectivity index (χ4v) is 2.75. The second-order valence-electron chi connectivity index (χ2n) is 5.40. The second kappa shape index (κ2) is 10.1. The normalized spacial score (nSPS) is 15.5. The molecule has 1 aliphatic rings. The molecular weight excluding hydrogens is 323 g/mol. The highest BCUT2D eigenvalue weighted by molar-refractivity contribution is 6.30. The van der Waals surface area contributed by atoms with E-state index < -0.39 is 0 Å². The summed E-state index contributed by atoms with van der Waals surface area (Å²) in [6.45, 7) is 2.92. The first-order chi connectivity index (χ1) is 10.2. The van der Waals surface area contributed by atoms with Crippen molar-refractivity contribution >= 4 is 29.9 Å². The molecule has 1 amide bonds. The molecule has 2 rings (SSSR count).